The average molecular weight is 146 g/mol. The average Bonchev–Trinajstić information content (AvgIpc) is 1.89. The molecule has 58 valence electrons. The molecule has 0 aliphatic rings. The number of carbonyl (C=O) groups excluding carboxylic acids is 2. The number of hydrogen-bond donors (Lipinski definition) is 1. The van der Waals surface area contributed by atoms with Crippen molar-refractivity contribution in [2.45, 2.75) is 19.3 Å². The summed E-state index contributed by atoms with van der Waals surface area (Å²) < 4.78 is 4.19. The van der Waals surface area contributed by atoms with Gasteiger partial charge in [0.05, 0.1) is 0 Å². The maximum Gasteiger partial charge on any atom is 0.307 e. The second kappa shape index (κ2) is 6.22. The molecule has 0 bridgehead atoms. The zero-order chi connectivity index (χ0) is 7.82. The normalized spacial score (nSPS) is 8.90. The highest BCUT2D eigenvalue weighted by Gasteiger charge is 1.99. The summed E-state index contributed by atoms with van der Waals surface area (Å²) in [6, 6.07) is 0. The number of ether oxygens (including phenoxy) is 1. The molecular weight excluding hydrogens is 136 g/mol. The molecule has 0 rings (SSSR count). The lowest BCUT2D eigenvalue weighted by molar-refractivity contribution is -0.151. The van der Waals surface area contributed by atoms with Crippen LogP contribution in [0.3, 0.4) is 0 Å². The van der Waals surface area contributed by atoms with Crippen molar-refractivity contribution in [2.75, 3.05) is 6.79 Å². The fraction of sp³-hybridized carbons (Fsp3) is 0.667. The summed E-state index contributed by atoms with van der Waals surface area (Å²) in [5.74, 6) is -0.468. The molecule has 0 atom stereocenters. The molecular formula is C6H10O4. The highest BCUT2D eigenvalue weighted by atomic mass is 16.6. The highest BCUT2D eigenvalue weighted by molar-refractivity contribution is 5.69. The van der Waals surface area contributed by atoms with Gasteiger partial charge < -0.3 is 14.6 Å². The quantitative estimate of drug-likeness (QED) is 0.253. The standard InChI is InChI=1S/C6H10O4/c7-4-2-1-3-6(9)10-5-8/h4,8H,1-3,5H2. The Bertz CT molecular complexity index is 110. The largest absolute Gasteiger partial charge is 0.439 e. The summed E-state index contributed by atoms with van der Waals surface area (Å²) in [6.07, 6.45) is 1.79. The summed E-state index contributed by atoms with van der Waals surface area (Å²) in [5.41, 5.74) is 0. The van der Waals surface area contributed by atoms with Gasteiger partial charge in [-0.1, -0.05) is 0 Å². The molecule has 0 spiro atoms. The Morgan fingerprint density at radius 1 is 1.60 bits per heavy atom. The molecule has 0 heterocycles. The molecule has 0 aromatic carbocycles. The van der Waals surface area contributed by atoms with E-state index in [1.54, 1.807) is 0 Å². The lowest BCUT2D eigenvalue weighted by Crippen LogP contribution is -2.04. The predicted octanol–water partition coefficient (Wildman–Crippen LogP) is -0.151. The molecule has 1 N–H and O–H groups in total. The monoisotopic (exact) mass is 146 g/mol. The minimum atomic E-state index is -0.583. The molecule has 0 aliphatic carbocycles. The van der Waals surface area contributed by atoms with E-state index in [4.69, 9.17) is 5.11 Å². The van der Waals surface area contributed by atoms with E-state index in [-0.39, 0.29) is 6.42 Å². The fourth-order valence-electron chi connectivity index (χ4n) is 0.474. The summed E-state index contributed by atoms with van der Waals surface area (Å²) in [4.78, 5) is 20.2. The van der Waals surface area contributed by atoms with Crippen molar-refractivity contribution in [2.24, 2.45) is 0 Å². The Labute approximate surface area is 58.8 Å². The number of hydrogen-bond acceptors (Lipinski definition) is 4. The number of rotatable bonds is 5. The Morgan fingerprint density at radius 2 is 2.30 bits per heavy atom. The minimum absolute atomic E-state index is 0.194. The molecule has 0 fully saturated rings. The summed E-state index contributed by atoms with van der Waals surface area (Å²) in [5, 5.41) is 8.08. The second-order valence-electron chi connectivity index (χ2n) is 1.70. The number of carbonyl (C=O) groups is 2. The van der Waals surface area contributed by atoms with Gasteiger partial charge in [-0.25, -0.2) is 0 Å². The van der Waals surface area contributed by atoms with Crippen LogP contribution in [0.15, 0.2) is 0 Å². The number of aldehydes is 1. The lowest BCUT2D eigenvalue weighted by atomic mass is 10.2. The Hall–Kier alpha value is -0.900. The topological polar surface area (TPSA) is 63.6 Å². The third-order valence-corrected chi connectivity index (χ3v) is 0.928. The van der Waals surface area contributed by atoms with E-state index in [0.29, 0.717) is 12.8 Å². The zero-order valence-electron chi connectivity index (χ0n) is 5.58. The maximum atomic E-state index is 10.4. The van der Waals surface area contributed by atoms with Crippen molar-refractivity contribution in [3.8, 4) is 0 Å². The first-order valence-corrected chi connectivity index (χ1v) is 3.01. The molecule has 0 unspecified atom stereocenters. The highest BCUT2D eigenvalue weighted by Crippen LogP contribution is 1.94. The van der Waals surface area contributed by atoms with Crippen LogP contribution in [0.5, 0.6) is 0 Å². The smallest absolute Gasteiger partial charge is 0.307 e. The van der Waals surface area contributed by atoms with Crippen molar-refractivity contribution < 1.29 is 19.4 Å². The van der Waals surface area contributed by atoms with Gasteiger partial charge in [0, 0.05) is 12.8 Å². The number of aliphatic hydroxyl groups is 1. The van der Waals surface area contributed by atoms with Gasteiger partial charge in [0.1, 0.15) is 6.29 Å². The predicted molar refractivity (Wildman–Crippen MR) is 33.1 cm³/mol. The van der Waals surface area contributed by atoms with Crippen LogP contribution in [0.2, 0.25) is 0 Å². The van der Waals surface area contributed by atoms with Crippen LogP contribution in [-0.4, -0.2) is 24.2 Å². The first-order chi connectivity index (χ1) is 4.81. The van der Waals surface area contributed by atoms with E-state index >= 15 is 0 Å². The molecule has 4 nitrogen and oxygen atoms in total. The van der Waals surface area contributed by atoms with E-state index in [9.17, 15) is 9.59 Å². The van der Waals surface area contributed by atoms with Crippen molar-refractivity contribution >= 4 is 12.3 Å². The molecule has 0 radical (unpaired) electrons. The first-order valence-electron chi connectivity index (χ1n) is 3.01. The van der Waals surface area contributed by atoms with Crippen LogP contribution in [0.25, 0.3) is 0 Å². The Kier molecular flexibility index (Phi) is 5.66. The molecule has 0 aliphatic heterocycles. The summed E-state index contributed by atoms with van der Waals surface area (Å²) in [6.45, 7) is -0.583. The van der Waals surface area contributed by atoms with Crippen molar-refractivity contribution in [3.63, 3.8) is 0 Å². The molecule has 0 amide bonds. The maximum absolute atomic E-state index is 10.4. The third-order valence-electron chi connectivity index (χ3n) is 0.928. The van der Waals surface area contributed by atoms with Gasteiger partial charge in [-0.3, -0.25) is 4.79 Å². The molecule has 0 aromatic heterocycles. The van der Waals surface area contributed by atoms with Gasteiger partial charge in [-0.05, 0) is 6.42 Å². The van der Waals surface area contributed by atoms with E-state index in [0.717, 1.165) is 6.29 Å². The molecule has 10 heavy (non-hydrogen) atoms. The summed E-state index contributed by atoms with van der Waals surface area (Å²) >= 11 is 0. The van der Waals surface area contributed by atoms with Crippen molar-refractivity contribution in [3.05, 3.63) is 0 Å². The van der Waals surface area contributed by atoms with E-state index in [2.05, 4.69) is 4.74 Å². The minimum Gasteiger partial charge on any atom is -0.439 e. The van der Waals surface area contributed by atoms with Crippen LogP contribution in [0.4, 0.5) is 0 Å². The third kappa shape index (κ3) is 5.24. The van der Waals surface area contributed by atoms with Gasteiger partial charge in [0.25, 0.3) is 0 Å². The molecule has 0 saturated heterocycles. The molecule has 0 aromatic rings. The van der Waals surface area contributed by atoms with Gasteiger partial charge >= 0.3 is 5.97 Å². The summed E-state index contributed by atoms with van der Waals surface area (Å²) in [7, 11) is 0. The molecule has 4 heteroatoms. The second-order valence-corrected chi connectivity index (χ2v) is 1.70. The zero-order valence-corrected chi connectivity index (χ0v) is 5.58. The van der Waals surface area contributed by atoms with Gasteiger partial charge in [-0.15, -0.1) is 0 Å². The lowest BCUT2D eigenvalue weighted by Gasteiger charge is -1.96. The van der Waals surface area contributed by atoms with Crippen LogP contribution in [-0.2, 0) is 14.3 Å². The van der Waals surface area contributed by atoms with Crippen molar-refractivity contribution in [1.82, 2.24) is 0 Å². The van der Waals surface area contributed by atoms with Gasteiger partial charge in [-0.2, -0.15) is 0 Å². The molecule has 0 saturated carbocycles. The van der Waals surface area contributed by atoms with E-state index < -0.39 is 12.8 Å². The van der Waals surface area contributed by atoms with Crippen molar-refractivity contribution in [1.29, 1.82) is 0 Å². The number of unbranched alkanes of at least 4 members (excludes halogenated alkanes) is 1. The van der Waals surface area contributed by atoms with Crippen LogP contribution in [0.1, 0.15) is 19.3 Å². The van der Waals surface area contributed by atoms with Crippen LogP contribution >= 0.6 is 0 Å². The van der Waals surface area contributed by atoms with Crippen LogP contribution < -0.4 is 0 Å². The van der Waals surface area contributed by atoms with Crippen LogP contribution in [0, 0.1) is 0 Å². The Balaban J connectivity index is 3.13. The number of aliphatic hydroxyl groups excluding tert-OH is 1. The van der Waals surface area contributed by atoms with Gasteiger partial charge in [0.2, 0.25) is 0 Å². The number of esters is 1. The van der Waals surface area contributed by atoms with Gasteiger partial charge in [0.15, 0.2) is 6.79 Å². The van der Waals surface area contributed by atoms with E-state index in [1.807, 2.05) is 0 Å². The SMILES string of the molecule is O=CCCCC(=O)OCO. The fourth-order valence-corrected chi connectivity index (χ4v) is 0.474. The Morgan fingerprint density at radius 3 is 2.80 bits per heavy atom. The van der Waals surface area contributed by atoms with E-state index in [1.165, 1.54) is 0 Å². The first kappa shape index (κ1) is 9.10.